The molecule has 1 heterocycles. The van der Waals surface area contributed by atoms with Crippen LogP contribution in [-0.4, -0.2) is 56.6 Å². The van der Waals surface area contributed by atoms with Gasteiger partial charge in [-0.05, 0) is 49.7 Å². The second-order valence-electron chi connectivity index (χ2n) is 7.25. The van der Waals surface area contributed by atoms with Crippen LogP contribution in [-0.2, 0) is 6.54 Å². The molecule has 0 bridgehead atoms. The maximum Gasteiger partial charge on any atom is 0.251 e. The van der Waals surface area contributed by atoms with Crippen molar-refractivity contribution in [2.75, 3.05) is 50.7 Å². The zero-order valence-electron chi connectivity index (χ0n) is 17.3. The number of amides is 1. The van der Waals surface area contributed by atoms with Gasteiger partial charge in [0, 0.05) is 57.1 Å². The first kappa shape index (κ1) is 23.2. The molecule has 0 atom stereocenters. The van der Waals surface area contributed by atoms with Gasteiger partial charge in [-0.3, -0.25) is 4.79 Å². The predicted molar refractivity (Wildman–Crippen MR) is 123 cm³/mol. The van der Waals surface area contributed by atoms with E-state index in [0.29, 0.717) is 0 Å². The van der Waals surface area contributed by atoms with Crippen molar-refractivity contribution in [3.8, 4) is 0 Å². The Morgan fingerprint density at radius 1 is 1.07 bits per heavy atom. The number of hydrogen-bond acceptors (Lipinski definition) is 4. The summed E-state index contributed by atoms with van der Waals surface area (Å²) in [4.78, 5) is 17.1. The first-order valence-electron chi connectivity index (χ1n) is 10.4. The molecule has 29 heavy (non-hydrogen) atoms. The Balaban J connectivity index is 0.00000300. The van der Waals surface area contributed by atoms with Crippen molar-refractivity contribution in [3.05, 3.63) is 65.7 Å². The number of benzene rings is 2. The molecule has 1 fully saturated rings. The van der Waals surface area contributed by atoms with Crippen LogP contribution in [0.25, 0.3) is 0 Å². The van der Waals surface area contributed by atoms with Crippen molar-refractivity contribution in [1.82, 2.24) is 15.5 Å². The summed E-state index contributed by atoms with van der Waals surface area (Å²) in [5.74, 6) is 0.0120. The quantitative estimate of drug-likeness (QED) is 0.616. The van der Waals surface area contributed by atoms with Crippen LogP contribution in [0.15, 0.2) is 54.6 Å². The average molecular weight is 417 g/mol. The molecule has 0 spiro atoms. The van der Waals surface area contributed by atoms with Crippen molar-refractivity contribution < 1.29 is 4.79 Å². The molecule has 1 aliphatic rings. The maximum absolute atomic E-state index is 12.4. The monoisotopic (exact) mass is 416 g/mol. The van der Waals surface area contributed by atoms with Crippen LogP contribution >= 0.6 is 12.4 Å². The molecule has 0 aromatic heterocycles. The van der Waals surface area contributed by atoms with Gasteiger partial charge in [-0.1, -0.05) is 30.3 Å². The normalized spacial score (nSPS) is 14.1. The second kappa shape index (κ2) is 12.5. The van der Waals surface area contributed by atoms with E-state index in [1.54, 1.807) is 0 Å². The number of nitrogens with one attached hydrogen (secondary N) is 2. The minimum Gasteiger partial charge on any atom is -0.367 e. The number of carbonyl (C=O) groups is 1. The van der Waals surface area contributed by atoms with Crippen LogP contribution < -0.4 is 15.5 Å². The van der Waals surface area contributed by atoms with Crippen LogP contribution in [0, 0.1) is 0 Å². The van der Waals surface area contributed by atoms with Crippen molar-refractivity contribution in [1.29, 1.82) is 0 Å². The summed E-state index contributed by atoms with van der Waals surface area (Å²) in [5.41, 5.74) is 3.15. The third kappa shape index (κ3) is 7.35. The molecule has 1 aliphatic heterocycles. The lowest BCUT2D eigenvalue weighted by molar-refractivity contribution is 0.0951. The SMILES string of the molecule is CCN(Cc1ccccc1)c1ccc(C(=O)NCCCN2CCNCC2)cc1.Cl. The van der Waals surface area contributed by atoms with E-state index in [1.165, 1.54) is 5.56 Å². The second-order valence-corrected chi connectivity index (χ2v) is 7.25. The Morgan fingerprint density at radius 2 is 1.76 bits per heavy atom. The lowest BCUT2D eigenvalue weighted by atomic mass is 10.1. The number of carbonyl (C=O) groups excluding carboxylic acids is 1. The third-order valence-electron chi connectivity index (χ3n) is 5.24. The summed E-state index contributed by atoms with van der Waals surface area (Å²) >= 11 is 0. The van der Waals surface area contributed by atoms with E-state index >= 15 is 0 Å². The first-order valence-corrected chi connectivity index (χ1v) is 10.4. The van der Waals surface area contributed by atoms with Crippen molar-refractivity contribution in [3.63, 3.8) is 0 Å². The first-order chi connectivity index (χ1) is 13.8. The highest BCUT2D eigenvalue weighted by atomic mass is 35.5. The topological polar surface area (TPSA) is 47.6 Å². The Labute approximate surface area is 180 Å². The van der Waals surface area contributed by atoms with E-state index in [0.717, 1.165) is 70.0 Å². The molecule has 0 unspecified atom stereocenters. The Kier molecular flexibility index (Phi) is 9.98. The standard InChI is InChI=1S/C23H32N4O.ClH/c1-2-27(19-20-7-4-3-5-8-20)22-11-9-21(10-12-22)23(28)25-13-6-16-26-17-14-24-15-18-26;/h3-5,7-12,24H,2,6,13-19H2,1H3,(H,25,28);1H. The fourth-order valence-electron chi connectivity index (χ4n) is 3.55. The summed E-state index contributed by atoms with van der Waals surface area (Å²) in [7, 11) is 0. The van der Waals surface area contributed by atoms with E-state index in [2.05, 4.69) is 51.6 Å². The number of anilines is 1. The number of hydrogen-bond donors (Lipinski definition) is 2. The number of piperazine rings is 1. The largest absolute Gasteiger partial charge is 0.367 e. The van der Waals surface area contributed by atoms with Gasteiger partial charge in [0.25, 0.3) is 5.91 Å². The highest BCUT2D eigenvalue weighted by Gasteiger charge is 2.10. The molecule has 2 N–H and O–H groups in total. The van der Waals surface area contributed by atoms with Gasteiger partial charge in [-0.15, -0.1) is 12.4 Å². The molecular weight excluding hydrogens is 384 g/mol. The fraction of sp³-hybridized carbons (Fsp3) is 0.435. The molecular formula is C23H33ClN4O. The van der Waals surface area contributed by atoms with Gasteiger partial charge in [-0.25, -0.2) is 0 Å². The minimum atomic E-state index is 0. The Bertz CT molecular complexity index is 717. The van der Waals surface area contributed by atoms with E-state index in [1.807, 2.05) is 30.3 Å². The van der Waals surface area contributed by atoms with Crippen molar-refractivity contribution in [2.24, 2.45) is 0 Å². The summed E-state index contributed by atoms with van der Waals surface area (Å²) < 4.78 is 0. The summed E-state index contributed by atoms with van der Waals surface area (Å²) in [5, 5.41) is 6.41. The fourth-order valence-corrected chi connectivity index (χ4v) is 3.55. The predicted octanol–water partition coefficient (Wildman–Crippen LogP) is 3.16. The van der Waals surface area contributed by atoms with Crippen LogP contribution in [0.4, 0.5) is 5.69 Å². The van der Waals surface area contributed by atoms with Crippen molar-refractivity contribution >= 4 is 24.0 Å². The molecule has 1 saturated heterocycles. The highest BCUT2D eigenvalue weighted by molar-refractivity contribution is 5.94. The number of halogens is 1. The van der Waals surface area contributed by atoms with Gasteiger partial charge in [0.2, 0.25) is 0 Å². The minimum absolute atomic E-state index is 0. The van der Waals surface area contributed by atoms with Gasteiger partial charge < -0.3 is 20.4 Å². The molecule has 5 nitrogen and oxygen atoms in total. The van der Waals surface area contributed by atoms with Gasteiger partial charge >= 0.3 is 0 Å². The molecule has 158 valence electrons. The van der Waals surface area contributed by atoms with E-state index in [9.17, 15) is 4.79 Å². The Hall–Kier alpha value is -2.08. The molecule has 0 aliphatic carbocycles. The highest BCUT2D eigenvalue weighted by Crippen LogP contribution is 2.18. The van der Waals surface area contributed by atoms with Crippen molar-refractivity contribution in [2.45, 2.75) is 19.9 Å². The van der Waals surface area contributed by atoms with E-state index in [4.69, 9.17) is 0 Å². The average Bonchev–Trinajstić information content (AvgIpc) is 2.76. The molecule has 3 rings (SSSR count). The summed E-state index contributed by atoms with van der Waals surface area (Å²) in [6, 6.07) is 18.4. The summed E-state index contributed by atoms with van der Waals surface area (Å²) in [6.45, 7) is 10.1. The van der Waals surface area contributed by atoms with Crippen LogP contribution in [0.2, 0.25) is 0 Å². The van der Waals surface area contributed by atoms with Crippen LogP contribution in [0.5, 0.6) is 0 Å². The van der Waals surface area contributed by atoms with Gasteiger partial charge in [0.05, 0.1) is 0 Å². The molecule has 0 radical (unpaired) electrons. The number of rotatable bonds is 9. The Morgan fingerprint density at radius 3 is 2.41 bits per heavy atom. The molecule has 0 saturated carbocycles. The third-order valence-corrected chi connectivity index (χ3v) is 5.24. The van der Waals surface area contributed by atoms with Gasteiger partial charge in [0.1, 0.15) is 0 Å². The molecule has 2 aromatic rings. The summed E-state index contributed by atoms with van der Waals surface area (Å²) in [6.07, 6.45) is 0.991. The van der Waals surface area contributed by atoms with E-state index < -0.39 is 0 Å². The number of nitrogens with zero attached hydrogens (tertiary/aromatic N) is 2. The smallest absolute Gasteiger partial charge is 0.251 e. The zero-order valence-corrected chi connectivity index (χ0v) is 18.1. The van der Waals surface area contributed by atoms with Gasteiger partial charge in [0.15, 0.2) is 0 Å². The molecule has 6 heteroatoms. The van der Waals surface area contributed by atoms with Crippen LogP contribution in [0.1, 0.15) is 29.3 Å². The van der Waals surface area contributed by atoms with Crippen LogP contribution in [0.3, 0.4) is 0 Å². The zero-order chi connectivity index (χ0) is 19.6. The lowest BCUT2D eigenvalue weighted by Crippen LogP contribution is -2.44. The lowest BCUT2D eigenvalue weighted by Gasteiger charge is -2.27. The maximum atomic E-state index is 12.4. The van der Waals surface area contributed by atoms with E-state index in [-0.39, 0.29) is 18.3 Å². The molecule has 2 aromatic carbocycles. The molecule has 1 amide bonds. The van der Waals surface area contributed by atoms with Gasteiger partial charge in [-0.2, -0.15) is 0 Å².